The zero-order valence-corrected chi connectivity index (χ0v) is 9.75. The fraction of sp³-hybridized carbons (Fsp3) is 0.0714. The number of carbonyl (C=O) groups is 1. The van der Waals surface area contributed by atoms with Crippen LogP contribution >= 0.6 is 0 Å². The Balaban J connectivity index is 2.17. The van der Waals surface area contributed by atoms with E-state index in [1.54, 1.807) is 24.5 Å². The maximum atomic E-state index is 11.2. The van der Waals surface area contributed by atoms with Gasteiger partial charge in [0.15, 0.2) is 0 Å². The predicted octanol–water partition coefficient (Wildman–Crippen LogP) is 1.66. The molecule has 0 spiro atoms. The summed E-state index contributed by atoms with van der Waals surface area (Å²) in [4.78, 5) is 19.1. The summed E-state index contributed by atoms with van der Waals surface area (Å²) in [6.07, 6.45) is 4.91. The van der Waals surface area contributed by atoms with E-state index in [9.17, 15) is 4.79 Å². The van der Waals surface area contributed by atoms with Gasteiger partial charge in [-0.2, -0.15) is 0 Å². The number of aromatic nitrogens is 2. The van der Waals surface area contributed by atoms with E-state index in [0.29, 0.717) is 0 Å². The number of methoxy groups -OCH3 is 1. The van der Waals surface area contributed by atoms with Gasteiger partial charge in [0, 0.05) is 29.7 Å². The number of pyridine rings is 2. The number of carbonyl (C=O) groups excluding carboxylic acids is 1. The molecule has 0 aliphatic heterocycles. The molecule has 88 valence electrons. The maximum absolute atomic E-state index is 11.2. The van der Waals surface area contributed by atoms with E-state index in [4.69, 9.17) is 0 Å². The highest BCUT2D eigenvalue weighted by Gasteiger charge is 2.04. The number of hydrogen-bond acceptors (Lipinski definition) is 4. The molecule has 0 unspecified atom stereocenters. The van der Waals surface area contributed by atoms with Crippen LogP contribution in [0.1, 0.15) is 21.6 Å². The first-order valence-electron chi connectivity index (χ1n) is 5.26. The molecule has 0 saturated carbocycles. The van der Waals surface area contributed by atoms with Crippen molar-refractivity contribution in [1.82, 2.24) is 9.97 Å². The first-order valence-corrected chi connectivity index (χ1v) is 5.26. The normalized spacial score (nSPS) is 9.17. The monoisotopic (exact) mass is 238 g/mol. The van der Waals surface area contributed by atoms with E-state index in [1.165, 1.54) is 13.3 Å². The predicted molar refractivity (Wildman–Crippen MR) is 65.8 cm³/mol. The van der Waals surface area contributed by atoms with Crippen molar-refractivity contribution >= 4 is 5.97 Å². The second kappa shape index (κ2) is 5.60. The van der Waals surface area contributed by atoms with E-state index in [-0.39, 0.29) is 5.69 Å². The minimum atomic E-state index is -0.457. The Labute approximate surface area is 105 Å². The van der Waals surface area contributed by atoms with Crippen LogP contribution < -0.4 is 0 Å². The molecule has 2 aromatic rings. The summed E-state index contributed by atoms with van der Waals surface area (Å²) in [6, 6.07) is 7.00. The molecule has 0 aromatic carbocycles. The number of ether oxygens (including phenoxy) is 1. The lowest BCUT2D eigenvalue weighted by molar-refractivity contribution is 0.0594. The first-order chi connectivity index (χ1) is 8.79. The van der Waals surface area contributed by atoms with Gasteiger partial charge in [-0.25, -0.2) is 9.78 Å². The molecule has 0 fully saturated rings. The van der Waals surface area contributed by atoms with Crippen molar-refractivity contribution in [3.05, 3.63) is 59.7 Å². The molecule has 2 heterocycles. The lowest BCUT2D eigenvalue weighted by atomic mass is 10.2. The minimum absolute atomic E-state index is 0.268. The van der Waals surface area contributed by atoms with Crippen molar-refractivity contribution in [3.63, 3.8) is 0 Å². The largest absolute Gasteiger partial charge is 0.464 e. The van der Waals surface area contributed by atoms with Gasteiger partial charge in [0.25, 0.3) is 0 Å². The van der Waals surface area contributed by atoms with E-state index in [1.807, 2.05) is 12.1 Å². The highest BCUT2D eigenvalue weighted by Crippen LogP contribution is 2.01. The molecule has 0 amide bonds. The van der Waals surface area contributed by atoms with Crippen LogP contribution in [-0.4, -0.2) is 23.0 Å². The average molecular weight is 238 g/mol. The van der Waals surface area contributed by atoms with E-state index >= 15 is 0 Å². The smallest absolute Gasteiger partial charge is 0.356 e. The number of esters is 1. The lowest BCUT2D eigenvalue weighted by Crippen LogP contribution is -2.03. The summed E-state index contributed by atoms with van der Waals surface area (Å²) in [5.74, 6) is 5.44. The molecule has 0 radical (unpaired) electrons. The summed E-state index contributed by atoms with van der Waals surface area (Å²) in [5.41, 5.74) is 1.82. The summed E-state index contributed by atoms with van der Waals surface area (Å²) >= 11 is 0. The lowest BCUT2D eigenvalue weighted by Gasteiger charge is -1.97. The Morgan fingerprint density at radius 1 is 1.17 bits per heavy atom. The van der Waals surface area contributed by atoms with Crippen LogP contribution in [0.3, 0.4) is 0 Å². The summed E-state index contributed by atoms with van der Waals surface area (Å²) in [5, 5.41) is 0. The van der Waals surface area contributed by atoms with Crippen molar-refractivity contribution in [1.29, 1.82) is 0 Å². The van der Waals surface area contributed by atoms with Crippen LogP contribution in [0.15, 0.2) is 42.9 Å². The third-order valence-electron chi connectivity index (χ3n) is 2.17. The molecule has 0 atom stereocenters. The molecular weight excluding hydrogens is 228 g/mol. The van der Waals surface area contributed by atoms with E-state index in [0.717, 1.165) is 11.1 Å². The molecule has 2 aromatic heterocycles. The van der Waals surface area contributed by atoms with Crippen LogP contribution in [-0.2, 0) is 4.74 Å². The van der Waals surface area contributed by atoms with Gasteiger partial charge in [-0.1, -0.05) is 11.8 Å². The fourth-order valence-corrected chi connectivity index (χ4v) is 1.27. The van der Waals surface area contributed by atoms with Gasteiger partial charge >= 0.3 is 5.97 Å². The van der Waals surface area contributed by atoms with Crippen LogP contribution in [0.25, 0.3) is 0 Å². The molecule has 0 N–H and O–H groups in total. The standard InChI is InChI=1S/C14H10N2O2/c1-18-14(17)13-7-6-12(10-16-13)5-4-11-3-2-8-15-9-11/h2-3,6-10H,1H3. The second-order valence-corrected chi connectivity index (χ2v) is 3.42. The Bertz CT molecular complexity index is 595. The van der Waals surface area contributed by atoms with Gasteiger partial charge in [0.05, 0.1) is 7.11 Å². The van der Waals surface area contributed by atoms with Gasteiger partial charge in [0.2, 0.25) is 0 Å². The molecule has 0 bridgehead atoms. The maximum Gasteiger partial charge on any atom is 0.356 e. The quantitative estimate of drug-likeness (QED) is 0.560. The fourth-order valence-electron chi connectivity index (χ4n) is 1.27. The summed E-state index contributed by atoms with van der Waals surface area (Å²) in [6.45, 7) is 0. The van der Waals surface area contributed by atoms with Crippen LogP contribution in [0, 0.1) is 11.8 Å². The van der Waals surface area contributed by atoms with E-state index in [2.05, 4.69) is 26.5 Å². The van der Waals surface area contributed by atoms with Crippen molar-refractivity contribution in [2.45, 2.75) is 0 Å². The number of rotatable bonds is 1. The molecule has 18 heavy (non-hydrogen) atoms. The molecule has 2 rings (SSSR count). The minimum Gasteiger partial charge on any atom is -0.464 e. The first kappa shape index (κ1) is 11.8. The Kier molecular flexibility index (Phi) is 3.67. The third kappa shape index (κ3) is 2.92. The van der Waals surface area contributed by atoms with Gasteiger partial charge < -0.3 is 4.74 Å². The van der Waals surface area contributed by atoms with Gasteiger partial charge in [-0.3, -0.25) is 4.98 Å². The molecule has 0 aliphatic carbocycles. The average Bonchev–Trinajstić information content (AvgIpc) is 2.46. The van der Waals surface area contributed by atoms with Gasteiger partial charge in [-0.05, 0) is 24.3 Å². The van der Waals surface area contributed by atoms with Crippen LogP contribution in [0.2, 0.25) is 0 Å². The highest BCUT2D eigenvalue weighted by molar-refractivity contribution is 5.87. The van der Waals surface area contributed by atoms with Crippen LogP contribution in [0.4, 0.5) is 0 Å². The second-order valence-electron chi connectivity index (χ2n) is 3.42. The molecular formula is C14H10N2O2. The Hall–Kier alpha value is -2.67. The number of nitrogens with zero attached hydrogens (tertiary/aromatic N) is 2. The molecule has 4 heteroatoms. The molecule has 4 nitrogen and oxygen atoms in total. The molecule has 0 saturated heterocycles. The van der Waals surface area contributed by atoms with Crippen molar-refractivity contribution in [2.24, 2.45) is 0 Å². The van der Waals surface area contributed by atoms with Gasteiger partial charge in [-0.15, -0.1) is 0 Å². The topological polar surface area (TPSA) is 52.1 Å². The SMILES string of the molecule is COC(=O)c1ccc(C#Cc2cccnc2)cn1. The van der Waals surface area contributed by atoms with Crippen molar-refractivity contribution in [2.75, 3.05) is 7.11 Å². The van der Waals surface area contributed by atoms with Gasteiger partial charge in [0.1, 0.15) is 5.69 Å². The van der Waals surface area contributed by atoms with Crippen LogP contribution in [0.5, 0.6) is 0 Å². The van der Waals surface area contributed by atoms with E-state index < -0.39 is 5.97 Å². The third-order valence-corrected chi connectivity index (χ3v) is 2.17. The summed E-state index contributed by atoms with van der Waals surface area (Å²) < 4.78 is 4.56. The Morgan fingerprint density at radius 3 is 2.50 bits per heavy atom. The molecule has 0 aliphatic rings. The Morgan fingerprint density at radius 2 is 1.94 bits per heavy atom. The highest BCUT2D eigenvalue weighted by atomic mass is 16.5. The van der Waals surface area contributed by atoms with Crippen molar-refractivity contribution in [3.8, 4) is 11.8 Å². The number of hydrogen-bond donors (Lipinski definition) is 0. The zero-order valence-electron chi connectivity index (χ0n) is 9.75. The zero-order chi connectivity index (χ0) is 12.8. The summed E-state index contributed by atoms with van der Waals surface area (Å²) in [7, 11) is 1.32. The van der Waals surface area contributed by atoms with Crippen molar-refractivity contribution < 1.29 is 9.53 Å².